The SMILES string of the molecule is C=CCCCCN1C(C)CCC1C. The predicted molar refractivity (Wildman–Crippen MR) is 58.9 cm³/mol. The van der Waals surface area contributed by atoms with E-state index in [0.717, 1.165) is 12.1 Å². The normalized spacial score (nSPS) is 29.4. The van der Waals surface area contributed by atoms with Gasteiger partial charge in [-0.05, 0) is 52.5 Å². The number of unbranched alkanes of at least 4 members (excludes halogenated alkanes) is 2. The summed E-state index contributed by atoms with van der Waals surface area (Å²) >= 11 is 0. The quantitative estimate of drug-likeness (QED) is 0.465. The van der Waals surface area contributed by atoms with Crippen LogP contribution in [0.25, 0.3) is 0 Å². The van der Waals surface area contributed by atoms with E-state index in [9.17, 15) is 0 Å². The summed E-state index contributed by atoms with van der Waals surface area (Å²) in [5, 5.41) is 0. The number of likely N-dealkylation sites (tertiary alicyclic amines) is 1. The molecule has 1 nitrogen and oxygen atoms in total. The van der Waals surface area contributed by atoms with Crippen LogP contribution in [0.2, 0.25) is 0 Å². The van der Waals surface area contributed by atoms with Crippen LogP contribution in [-0.2, 0) is 0 Å². The molecule has 0 aromatic rings. The highest BCUT2D eigenvalue weighted by Gasteiger charge is 2.25. The monoisotopic (exact) mass is 181 g/mol. The topological polar surface area (TPSA) is 3.24 Å². The van der Waals surface area contributed by atoms with Crippen LogP contribution in [0.5, 0.6) is 0 Å². The Morgan fingerprint density at radius 1 is 1.23 bits per heavy atom. The highest BCUT2D eigenvalue weighted by Crippen LogP contribution is 2.23. The van der Waals surface area contributed by atoms with Crippen LogP contribution in [0, 0.1) is 0 Å². The van der Waals surface area contributed by atoms with Crippen molar-refractivity contribution in [2.24, 2.45) is 0 Å². The van der Waals surface area contributed by atoms with Crippen molar-refractivity contribution in [3.63, 3.8) is 0 Å². The van der Waals surface area contributed by atoms with E-state index >= 15 is 0 Å². The first-order valence-corrected chi connectivity index (χ1v) is 5.62. The van der Waals surface area contributed by atoms with Crippen molar-refractivity contribution in [2.45, 2.75) is 58.0 Å². The number of hydrogen-bond acceptors (Lipinski definition) is 1. The van der Waals surface area contributed by atoms with Gasteiger partial charge >= 0.3 is 0 Å². The van der Waals surface area contributed by atoms with Crippen molar-refractivity contribution in [1.82, 2.24) is 4.90 Å². The second kappa shape index (κ2) is 5.43. The Kier molecular flexibility index (Phi) is 4.51. The third-order valence-electron chi connectivity index (χ3n) is 3.21. The maximum atomic E-state index is 3.75. The molecule has 13 heavy (non-hydrogen) atoms. The minimum Gasteiger partial charge on any atom is -0.298 e. The molecule has 2 atom stereocenters. The molecule has 1 saturated heterocycles. The van der Waals surface area contributed by atoms with Gasteiger partial charge in [-0.25, -0.2) is 0 Å². The lowest BCUT2D eigenvalue weighted by atomic mass is 10.2. The van der Waals surface area contributed by atoms with Crippen molar-refractivity contribution in [3.05, 3.63) is 12.7 Å². The third kappa shape index (κ3) is 3.15. The highest BCUT2D eigenvalue weighted by atomic mass is 15.2. The molecule has 0 aromatic carbocycles. The van der Waals surface area contributed by atoms with Gasteiger partial charge in [-0.1, -0.05) is 6.08 Å². The van der Waals surface area contributed by atoms with E-state index in [1.54, 1.807) is 0 Å². The molecule has 76 valence electrons. The lowest BCUT2D eigenvalue weighted by Gasteiger charge is -2.25. The van der Waals surface area contributed by atoms with Crippen molar-refractivity contribution in [3.8, 4) is 0 Å². The fourth-order valence-electron chi connectivity index (χ4n) is 2.27. The zero-order valence-electron chi connectivity index (χ0n) is 9.13. The minimum atomic E-state index is 0.818. The molecule has 0 aromatic heterocycles. The molecule has 1 aliphatic heterocycles. The van der Waals surface area contributed by atoms with Gasteiger partial charge in [0.05, 0.1) is 0 Å². The van der Waals surface area contributed by atoms with Crippen molar-refractivity contribution < 1.29 is 0 Å². The lowest BCUT2D eigenvalue weighted by Crippen LogP contribution is -2.33. The first-order chi connectivity index (χ1) is 6.25. The Labute approximate surface area is 82.8 Å². The Balaban J connectivity index is 2.15. The van der Waals surface area contributed by atoms with Crippen LogP contribution in [0.1, 0.15) is 46.0 Å². The first kappa shape index (κ1) is 10.8. The fourth-order valence-corrected chi connectivity index (χ4v) is 2.27. The molecule has 2 unspecified atom stereocenters. The van der Waals surface area contributed by atoms with Crippen LogP contribution in [0.15, 0.2) is 12.7 Å². The van der Waals surface area contributed by atoms with Crippen LogP contribution in [0.3, 0.4) is 0 Å². The molecule has 1 heterocycles. The lowest BCUT2D eigenvalue weighted by molar-refractivity contribution is 0.210. The van der Waals surface area contributed by atoms with E-state index in [2.05, 4.69) is 25.3 Å². The van der Waals surface area contributed by atoms with Crippen molar-refractivity contribution in [1.29, 1.82) is 0 Å². The molecule has 0 saturated carbocycles. The zero-order valence-corrected chi connectivity index (χ0v) is 9.13. The summed E-state index contributed by atoms with van der Waals surface area (Å²) in [6.45, 7) is 9.75. The molecule has 0 bridgehead atoms. The number of rotatable bonds is 5. The molecule has 0 N–H and O–H groups in total. The van der Waals surface area contributed by atoms with E-state index < -0.39 is 0 Å². The van der Waals surface area contributed by atoms with Crippen LogP contribution < -0.4 is 0 Å². The molecule has 0 radical (unpaired) electrons. The average molecular weight is 181 g/mol. The van der Waals surface area contributed by atoms with Gasteiger partial charge in [0.25, 0.3) is 0 Å². The van der Waals surface area contributed by atoms with Gasteiger partial charge in [0.1, 0.15) is 0 Å². The van der Waals surface area contributed by atoms with Gasteiger partial charge in [0.15, 0.2) is 0 Å². The van der Waals surface area contributed by atoms with E-state index in [4.69, 9.17) is 0 Å². The molecular formula is C12H23N. The summed E-state index contributed by atoms with van der Waals surface area (Å²) < 4.78 is 0. The first-order valence-electron chi connectivity index (χ1n) is 5.62. The third-order valence-corrected chi connectivity index (χ3v) is 3.21. The van der Waals surface area contributed by atoms with Crippen LogP contribution in [-0.4, -0.2) is 23.5 Å². The van der Waals surface area contributed by atoms with Crippen LogP contribution >= 0.6 is 0 Å². The van der Waals surface area contributed by atoms with Gasteiger partial charge in [0, 0.05) is 12.1 Å². The van der Waals surface area contributed by atoms with Crippen molar-refractivity contribution >= 4 is 0 Å². The Bertz CT molecular complexity index is 143. The van der Waals surface area contributed by atoms with E-state index in [0.29, 0.717) is 0 Å². The molecule has 0 amide bonds. The zero-order chi connectivity index (χ0) is 9.68. The van der Waals surface area contributed by atoms with Gasteiger partial charge in [-0.2, -0.15) is 0 Å². The minimum absolute atomic E-state index is 0.818. The number of allylic oxidation sites excluding steroid dienone is 1. The Morgan fingerprint density at radius 2 is 1.85 bits per heavy atom. The highest BCUT2D eigenvalue weighted by molar-refractivity contribution is 4.82. The average Bonchev–Trinajstić information content (AvgIpc) is 2.42. The Morgan fingerprint density at radius 3 is 2.38 bits per heavy atom. The van der Waals surface area contributed by atoms with E-state index in [-0.39, 0.29) is 0 Å². The summed E-state index contributed by atoms with van der Waals surface area (Å²) in [5.74, 6) is 0. The van der Waals surface area contributed by atoms with Gasteiger partial charge in [-0.15, -0.1) is 6.58 Å². The van der Waals surface area contributed by atoms with Gasteiger partial charge in [0.2, 0.25) is 0 Å². The predicted octanol–water partition coefficient (Wildman–Crippen LogP) is 3.22. The summed E-state index contributed by atoms with van der Waals surface area (Å²) in [4.78, 5) is 2.66. The van der Waals surface area contributed by atoms with Crippen LogP contribution in [0.4, 0.5) is 0 Å². The molecule has 1 rings (SSSR count). The number of nitrogens with zero attached hydrogens (tertiary/aromatic N) is 1. The van der Waals surface area contributed by atoms with Gasteiger partial charge < -0.3 is 0 Å². The van der Waals surface area contributed by atoms with Crippen molar-refractivity contribution in [2.75, 3.05) is 6.54 Å². The number of hydrogen-bond donors (Lipinski definition) is 0. The molecule has 1 fully saturated rings. The molecule has 1 aliphatic rings. The van der Waals surface area contributed by atoms with E-state index in [1.165, 1.54) is 38.6 Å². The smallest absolute Gasteiger partial charge is 0.00703 e. The van der Waals surface area contributed by atoms with E-state index in [1.807, 2.05) is 6.08 Å². The summed E-state index contributed by atoms with van der Waals surface area (Å²) in [7, 11) is 0. The maximum Gasteiger partial charge on any atom is 0.00703 e. The summed E-state index contributed by atoms with van der Waals surface area (Å²) in [5.41, 5.74) is 0. The molecule has 0 spiro atoms. The molecular weight excluding hydrogens is 158 g/mol. The second-order valence-electron chi connectivity index (χ2n) is 4.30. The standard InChI is InChI=1S/C12H23N/c1-4-5-6-7-10-13-11(2)8-9-12(13)3/h4,11-12H,1,5-10H2,2-3H3. The largest absolute Gasteiger partial charge is 0.298 e. The molecule has 0 aliphatic carbocycles. The summed E-state index contributed by atoms with van der Waals surface area (Å²) in [6.07, 6.45) is 8.62. The maximum absolute atomic E-state index is 3.75. The molecule has 1 heteroatoms. The summed E-state index contributed by atoms with van der Waals surface area (Å²) in [6, 6.07) is 1.64. The fraction of sp³-hybridized carbons (Fsp3) is 0.833. The second-order valence-corrected chi connectivity index (χ2v) is 4.30. The Hall–Kier alpha value is -0.300. The van der Waals surface area contributed by atoms with Gasteiger partial charge in [-0.3, -0.25) is 4.90 Å².